The molecule has 0 heterocycles. The Morgan fingerprint density at radius 1 is 1.50 bits per heavy atom. The van der Waals surface area contributed by atoms with Gasteiger partial charge < -0.3 is 4.74 Å². The molecule has 0 aliphatic heterocycles. The molecule has 0 atom stereocenters. The van der Waals surface area contributed by atoms with Gasteiger partial charge >= 0.3 is 0 Å². The van der Waals surface area contributed by atoms with Crippen molar-refractivity contribution in [1.82, 2.24) is 0 Å². The number of halogens is 1. The minimum absolute atomic E-state index is 0.182. The van der Waals surface area contributed by atoms with E-state index in [9.17, 15) is 4.39 Å². The Morgan fingerprint density at radius 2 is 2.29 bits per heavy atom. The highest BCUT2D eigenvalue weighted by molar-refractivity contribution is 5.42. The third-order valence-corrected chi connectivity index (χ3v) is 1.57. The Morgan fingerprint density at radius 3 is 2.93 bits per heavy atom. The van der Waals surface area contributed by atoms with Crippen molar-refractivity contribution >= 4 is 0 Å². The minimum atomic E-state index is -0.453. The number of hydrogen-bond donors (Lipinski definition) is 0. The maximum Gasteiger partial charge on any atom is 0.137 e. The van der Waals surface area contributed by atoms with Crippen molar-refractivity contribution in [2.24, 2.45) is 0 Å². The first kappa shape index (κ1) is 10.1. The summed E-state index contributed by atoms with van der Waals surface area (Å²) in [4.78, 5) is 0. The van der Waals surface area contributed by atoms with Crippen LogP contribution in [0.25, 0.3) is 0 Å². The summed E-state index contributed by atoms with van der Waals surface area (Å²) >= 11 is 0. The summed E-state index contributed by atoms with van der Waals surface area (Å²) in [6.45, 7) is 0.330. The van der Waals surface area contributed by atoms with Gasteiger partial charge in [0.05, 0.1) is 12.2 Å². The number of hydrogen-bond acceptors (Lipinski definition) is 2. The molecule has 3 heteroatoms. The SMILES string of the molecule is C#CCCOc1ccc(F)cc1C#N. The molecule has 1 aromatic rings. The van der Waals surface area contributed by atoms with Gasteiger partial charge in [-0.3, -0.25) is 0 Å². The molecular weight excluding hydrogens is 181 g/mol. The lowest BCUT2D eigenvalue weighted by Gasteiger charge is -2.05. The summed E-state index contributed by atoms with van der Waals surface area (Å²) in [6, 6.07) is 5.64. The summed E-state index contributed by atoms with van der Waals surface area (Å²) in [5, 5.41) is 8.66. The van der Waals surface area contributed by atoms with Gasteiger partial charge in [0.25, 0.3) is 0 Å². The van der Waals surface area contributed by atoms with Crippen LogP contribution in [0.2, 0.25) is 0 Å². The molecular formula is C11H8FNO. The van der Waals surface area contributed by atoms with Crippen molar-refractivity contribution in [1.29, 1.82) is 5.26 Å². The number of terminal acetylenes is 1. The van der Waals surface area contributed by atoms with E-state index in [1.807, 2.05) is 6.07 Å². The Hall–Kier alpha value is -2.00. The van der Waals surface area contributed by atoms with Crippen LogP contribution >= 0.6 is 0 Å². The van der Waals surface area contributed by atoms with Gasteiger partial charge in [-0.1, -0.05) is 0 Å². The molecule has 14 heavy (non-hydrogen) atoms. The van der Waals surface area contributed by atoms with Crippen LogP contribution in [-0.4, -0.2) is 6.61 Å². The fourth-order valence-electron chi connectivity index (χ4n) is 0.935. The summed E-state index contributed by atoms with van der Waals surface area (Å²) in [5.41, 5.74) is 0.182. The van der Waals surface area contributed by atoms with Gasteiger partial charge in [-0.25, -0.2) is 4.39 Å². The molecule has 0 saturated carbocycles. The van der Waals surface area contributed by atoms with E-state index in [0.717, 1.165) is 6.07 Å². The van der Waals surface area contributed by atoms with Crippen molar-refractivity contribution in [3.8, 4) is 24.2 Å². The normalized spacial score (nSPS) is 8.79. The van der Waals surface area contributed by atoms with Crippen LogP contribution in [0.15, 0.2) is 18.2 Å². The Labute approximate surface area is 81.9 Å². The van der Waals surface area contributed by atoms with Crippen LogP contribution in [0.1, 0.15) is 12.0 Å². The monoisotopic (exact) mass is 189 g/mol. The molecule has 0 aliphatic carbocycles. The van der Waals surface area contributed by atoms with Crippen LogP contribution in [0, 0.1) is 29.5 Å². The van der Waals surface area contributed by atoms with E-state index in [-0.39, 0.29) is 5.56 Å². The number of nitrogens with zero attached hydrogens (tertiary/aromatic N) is 1. The van der Waals surface area contributed by atoms with E-state index in [2.05, 4.69) is 5.92 Å². The van der Waals surface area contributed by atoms with Gasteiger partial charge in [-0.15, -0.1) is 12.3 Å². The third-order valence-electron chi connectivity index (χ3n) is 1.57. The van der Waals surface area contributed by atoms with Crippen LogP contribution < -0.4 is 4.74 Å². The molecule has 0 bridgehead atoms. The van der Waals surface area contributed by atoms with Gasteiger partial charge in [0.2, 0.25) is 0 Å². The molecule has 0 amide bonds. The molecule has 1 aromatic carbocycles. The zero-order valence-electron chi connectivity index (χ0n) is 7.46. The molecule has 70 valence electrons. The average Bonchev–Trinajstić information content (AvgIpc) is 2.20. The fourth-order valence-corrected chi connectivity index (χ4v) is 0.935. The smallest absolute Gasteiger partial charge is 0.137 e. The summed E-state index contributed by atoms with van der Waals surface area (Å²) in [6.07, 6.45) is 5.49. The van der Waals surface area contributed by atoms with E-state index in [4.69, 9.17) is 16.4 Å². The number of benzene rings is 1. The van der Waals surface area contributed by atoms with Crippen LogP contribution in [0.3, 0.4) is 0 Å². The molecule has 0 N–H and O–H groups in total. The molecule has 0 saturated heterocycles. The van der Waals surface area contributed by atoms with Crippen molar-refractivity contribution in [2.45, 2.75) is 6.42 Å². The highest BCUT2D eigenvalue weighted by Gasteiger charge is 2.03. The maximum atomic E-state index is 12.7. The molecule has 2 nitrogen and oxygen atoms in total. The van der Waals surface area contributed by atoms with Crippen LogP contribution in [0.5, 0.6) is 5.75 Å². The summed E-state index contributed by atoms with van der Waals surface area (Å²) in [5.74, 6) is 2.32. The van der Waals surface area contributed by atoms with E-state index in [1.165, 1.54) is 12.1 Å². The third kappa shape index (κ3) is 2.50. The van der Waals surface area contributed by atoms with Gasteiger partial charge in [0, 0.05) is 6.42 Å². The van der Waals surface area contributed by atoms with Gasteiger partial charge in [-0.05, 0) is 18.2 Å². The van der Waals surface area contributed by atoms with Gasteiger partial charge in [0.15, 0.2) is 0 Å². The number of ether oxygens (including phenoxy) is 1. The van der Waals surface area contributed by atoms with Crippen molar-refractivity contribution in [3.05, 3.63) is 29.6 Å². The zero-order valence-corrected chi connectivity index (χ0v) is 7.46. The standard InChI is InChI=1S/C11H8FNO/c1-2-3-6-14-11-5-4-10(12)7-9(11)8-13/h1,4-5,7H,3,6H2. The lowest BCUT2D eigenvalue weighted by molar-refractivity contribution is 0.325. The highest BCUT2D eigenvalue weighted by atomic mass is 19.1. The second kappa shape index (κ2) is 4.89. The molecule has 0 aliphatic rings. The predicted molar refractivity (Wildman–Crippen MR) is 50.1 cm³/mol. The quantitative estimate of drug-likeness (QED) is 0.538. The first-order chi connectivity index (χ1) is 6.77. The van der Waals surface area contributed by atoms with Crippen molar-refractivity contribution in [2.75, 3.05) is 6.61 Å². The highest BCUT2D eigenvalue weighted by Crippen LogP contribution is 2.18. The van der Waals surface area contributed by atoms with Crippen LogP contribution in [0.4, 0.5) is 4.39 Å². The van der Waals surface area contributed by atoms with Crippen LogP contribution in [-0.2, 0) is 0 Å². The minimum Gasteiger partial charge on any atom is -0.491 e. The van der Waals surface area contributed by atoms with Gasteiger partial charge in [0.1, 0.15) is 17.6 Å². The summed E-state index contributed by atoms with van der Waals surface area (Å²) in [7, 11) is 0. The molecule has 0 fully saturated rings. The van der Waals surface area contributed by atoms with Gasteiger partial charge in [-0.2, -0.15) is 5.26 Å². The van der Waals surface area contributed by atoms with Crippen molar-refractivity contribution in [3.63, 3.8) is 0 Å². The molecule has 0 unspecified atom stereocenters. The van der Waals surface area contributed by atoms with E-state index < -0.39 is 5.82 Å². The zero-order chi connectivity index (χ0) is 10.4. The lowest BCUT2D eigenvalue weighted by Crippen LogP contribution is -1.98. The predicted octanol–water partition coefficient (Wildman–Crippen LogP) is 2.10. The second-order valence-corrected chi connectivity index (χ2v) is 2.55. The molecule has 0 aromatic heterocycles. The van der Waals surface area contributed by atoms with E-state index in [1.54, 1.807) is 0 Å². The first-order valence-corrected chi connectivity index (χ1v) is 4.04. The Bertz CT molecular complexity index is 401. The Kier molecular flexibility index (Phi) is 3.52. The molecule has 1 rings (SSSR count). The van der Waals surface area contributed by atoms with E-state index >= 15 is 0 Å². The average molecular weight is 189 g/mol. The fraction of sp³-hybridized carbons (Fsp3) is 0.182. The molecule has 0 radical (unpaired) electrons. The first-order valence-electron chi connectivity index (χ1n) is 4.04. The van der Waals surface area contributed by atoms with E-state index in [0.29, 0.717) is 18.8 Å². The lowest BCUT2D eigenvalue weighted by atomic mass is 10.2. The molecule has 0 spiro atoms. The second-order valence-electron chi connectivity index (χ2n) is 2.55. The maximum absolute atomic E-state index is 12.7. The number of rotatable bonds is 3. The van der Waals surface area contributed by atoms with Crippen molar-refractivity contribution < 1.29 is 9.13 Å². The topological polar surface area (TPSA) is 33.0 Å². The number of nitriles is 1. The Balaban J connectivity index is 2.78. The summed E-state index contributed by atoms with van der Waals surface area (Å²) < 4.78 is 17.9. The largest absolute Gasteiger partial charge is 0.491 e.